The molecule has 4 rings (SSSR count). The minimum absolute atomic E-state index is 0.130. The van der Waals surface area contributed by atoms with E-state index in [9.17, 15) is 0 Å². The normalized spacial score (nSPS) is 13.2. The van der Waals surface area contributed by atoms with E-state index in [1.54, 1.807) is 0 Å². The van der Waals surface area contributed by atoms with Crippen LogP contribution in [-0.2, 0) is 13.5 Å². The average Bonchev–Trinajstić information content (AvgIpc) is 3.36. The third kappa shape index (κ3) is 8.47. The van der Waals surface area contributed by atoms with Crippen molar-refractivity contribution in [3.63, 3.8) is 0 Å². The van der Waals surface area contributed by atoms with Crippen LogP contribution in [0, 0.1) is 20.5 Å². The minimum atomic E-state index is -1.84. The number of benzene rings is 3. The van der Waals surface area contributed by atoms with E-state index in [2.05, 4.69) is 110 Å². The third-order valence-electron chi connectivity index (χ3n) is 6.28. The number of hydrogen-bond acceptors (Lipinski definition) is 4. The van der Waals surface area contributed by atoms with Crippen molar-refractivity contribution in [1.29, 1.82) is 0 Å². The van der Waals surface area contributed by atoms with Gasteiger partial charge in [-0.2, -0.15) is 0 Å². The molecular formula is C31H39Cl2N3ORu. The molecule has 4 nitrogen and oxygen atoms in total. The van der Waals surface area contributed by atoms with E-state index in [0.29, 0.717) is 0 Å². The standard InChI is InChI=1S/C17H18N2.C14H21NO.2ClH.Ru/c1-14-7-3-5-9-16(14)18-11-12-19(13-18)17-10-6-4-8-15(17)2;1-6-15(7-2)13-9-8-12(5)14(10-13)16-11(3)4;;;/h3-10H,11-12H2,1-2H3;5,8-11H,6-7H2,1-4H3;2*1H;/q;;;;+2/p-2. The maximum absolute atomic E-state index is 5.96. The topological polar surface area (TPSA) is 19.0 Å². The Hall–Kier alpha value is -2.07. The Morgan fingerprint density at radius 3 is 1.87 bits per heavy atom. The maximum Gasteiger partial charge on any atom is 0.208 e. The number of para-hydroxylation sites is 2. The molecule has 3 aromatic rings. The molecule has 0 N–H and O–H groups in total. The fraction of sp³-hybridized carbons (Fsp3) is 0.355. The summed E-state index contributed by atoms with van der Waals surface area (Å²) in [6, 6.07) is 23.1. The Morgan fingerprint density at radius 1 is 0.895 bits per heavy atom. The first-order valence-corrected chi connectivity index (χ1v) is 18.5. The summed E-state index contributed by atoms with van der Waals surface area (Å²) in [4.78, 5) is 6.71. The predicted octanol–water partition coefficient (Wildman–Crippen LogP) is 8.02. The molecule has 38 heavy (non-hydrogen) atoms. The molecule has 1 fully saturated rings. The molecule has 0 spiro atoms. The zero-order valence-electron chi connectivity index (χ0n) is 23.2. The van der Waals surface area contributed by atoms with Gasteiger partial charge in [0.1, 0.15) is 0 Å². The monoisotopic (exact) mass is 641 g/mol. The first-order chi connectivity index (χ1) is 18.2. The van der Waals surface area contributed by atoms with E-state index < -0.39 is 13.5 Å². The Labute approximate surface area is 242 Å². The maximum atomic E-state index is 5.96. The van der Waals surface area contributed by atoms with Gasteiger partial charge in [-0.15, -0.1) is 0 Å². The minimum Gasteiger partial charge on any atom is -0.339 e. The molecule has 3 aromatic carbocycles. The summed E-state index contributed by atoms with van der Waals surface area (Å²) in [5.41, 5.74) is 7.24. The van der Waals surface area contributed by atoms with Crippen molar-refractivity contribution in [2.75, 3.05) is 40.9 Å². The number of rotatable bonds is 8. The molecule has 0 aromatic heterocycles. The summed E-state index contributed by atoms with van der Waals surface area (Å²) in [7, 11) is 11.9. The summed E-state index contributed by atoms with van der Waals surface area (Å²) in [5, 5.41) is 0. The number of aryl methyl sites for hydroxylation is 2. The van der Waals surface area contributed by atoms with Crippen LogP contribution < -0.4 is 19.4 Å². The van der Waals surface area contributed by atoms with Gasteiger partial charge in [0.15, 0.2) is 0 Å². The van der Waals surface area contributed by atoms with Crippen LogP contribution in [0.25, 0.3) is 0 Å². The van der Waals surface area contributed by atoms with Crippen LogP contribution in [0.2, 0.25) is 0 Å². The van der Waals surface area contributed by atoms with Crippen LogP contribution in [0.4, 0.5) is 17.1 Å². The summed E-state index contributed by atoms with van der Waals surface area (Å²) in [5.74, 6) is 0.861. The van der Waals surface area contributed by atoms with Gasteiger partial charge in [-0.05, 0) is 37.1 Å². The van der Waals surface area contributed by atoms with Crippen molar-refractivity contribution in [1.82, 2.24) is 0 Å². The fourth-order valence-corrected chi connectivity index (χ4v) is 6.17. The van der Waals surface area contributed by atoms with Crippen LogP contribution in [0.5, 0.6) is 5.75 Å². The second kappa shape index (κ2) is 14.9. The van der Waals surface area contributed by atoms with E-state index in [0.717, 1.165) is 37.5 Å². The van der Waals surface area contributed by atoms with Crippen molar-refractivity contribution >= 4 is 41.1 Å². The number of hydrogen-bond donors (Lipinski definition) is 0. The molecule has 7 heteroatoms. The Kier molecular flexibility index (Phi) is 12.0. The summed E-state index contributed by atoms with van der Waals surface area (Å²) < 4.78 is 7.80. The molecular weight excluding hydrogens is 602 g/mol. The van der Waals surface area contributed by atoms with Crippen LogP contribution in [0.3, 0.4) is 0 Å². The quantitative estimate of drug-likeness (QED) is 0.232. The molecule has 206 valence electrons. The molecule has 0 unspecified atom stereocenters. The summed E-state index contributed by atoms with van der Waals surface area (Å²) >= 11 is -1.84. The molecule has 0 bridgehead atoms. The zero-order valence-corrected chi connectivity index (χ0v) is 26.4. The van der Waals surface area contributed by atoms with Crippen LogP contribution in [-0.4, -0.2) is 36.9 Å². The van der Waals surface area contributed by atoms with Crippen LogP contribution in [0.1, 0.15) is 44.4 Å². The largest absolute Gasteiger partial charge is 0.339 e. The van der Waals surface area contributed by atoms with Crippen molar-refractivity contribution in [2.24, 2.45) is 0 Å². The Morgan fingerprint density at radius 2 is 1.42 bits per heavy atom. The zero-order chi connectivity index (χ0) is 27.7. The average molecular weight is 642 g/mol. The smallest absolute Gasteiger partial charge is 0.208 e. The fourth-order valence-electron chi connectivity index (χ4n) is 4.36. The number of halogens is 2. The second-order valence-electron chi connectivity index (χ2n) is 9.34. The number of anilines is 3. The molecule has 1 aliphatic heterocycles. The van der Waals surface area contributed by atoms with Gasteiger partial charge in [-0.3, -0.25) is 0 Å². The molecule has 1 aliphatic rings. The molecule has 1 heterocycles. The van der Waals surface area contributed by atoms with Crippen LogP contribution >= 0.6 is 19.4 Å². The van der Waals surface area contributed by atoms with E-state index in [-0.39, 0.29) is 6.10 Å². The predicted molar refractivity (Wildman–Crippen MR) is 163 cm³/mol. The van der Waals surface area contributed by atoms with E-state index in [1.807, 2.05) is 24.5 Å². The summed E-state index contributed by atoms with van der Waals surface area (Å²) in [6.07, 6.45) is 0.130. The van der Waals surface area contributed by atoms with E-state index >= 15 is 0 Å². The Bertz CT molecular complexity index is 1160. The SMILES string of the molecule is CCN(CC)c1ccc([CH]=[Ru]([Cl])[Cl])c(OC(C)C)c1.Cc1ccccc1N1[C]N(c2ccccc2C)CC1. The molecule has 0 saturated carbocycles. The van der Waals surface area contributed by atoms with Gasteiger partial charge in [-0.1, -0.05) is 36.4 Å². The van der Waals surface area contributed by atoms with E-state index in [4.69, 9.17) is 24.1 Å². The van der Waals surface area contributed by atoms with Gasteiger partial charge in [-0.25, -0.2) is 0 Å². The van der Waals surface area contributed by atoms with Crippen molar-refractivity contribution in [3.8, 4) is 5.75 Å². The van der Waals surface area contributed by atoms with Crippen LogP contribution in [0.15, 0.2) is 66.7 Å². The van der Waals surface area contributed by atoms with Gasteiger partial charge in [0, 0.05) is 24.5 Å². The van der Waals surface area contributed by atoms with Gasteiger partial charge in [0.2, 0.25) is 6.67 Å². The van der Waals surface area contributed by atoms with Gasteiger partial charge in [0.25, 0.3) is 0 Å². The van der Waals surface area contributed by atoms with Crippen molar-refractivity contribution in [2.45, 2.75) is 47.6 Å². The van der Waals surface area contributed by atoms with Crippen molar-refractivity contribution < 1.29 is 18.3 Å². The third-order valence-corrected chi connectivity index (χ3v) is 8.11. The van der Waals surface area contributed by atoms with Gasteiger partial charge < -0.3 is 9.80 Å². The second-order valence-corrected chi connectivity index (χ2v) is 15.1. The summed E-state index contributed by atoms with van der Waals surface area (Å²) in [6.45, 7) is 20.0. The number of nitrogens with zero attached hydrogens (tertiary/aromatic N) is 3. The number of ether oxygens (including phenoxy) is 1. The Balaban J connectivity index is 0.000000211. The molecule has 0 amide bonds. The molecule has 0 aliphatic carbocycles. The molecule has 2 radical (unpaired) electrons. The first-order valence-electron chi connectivity index (χ1n) is 13.0. The van der Waals surface area contributed by atoms with Gasteiger partial charge >= 0.3 is 129 Å². The van der Waals surface area contributed by atoms with Gasteiger partial charge in [0.05, 0.1) is 0 Å². The first kappa shape index (κ1) is 30.5. The van der Waals surface area contributed by atoms with Crippen molar-refractivity contribution in [3.05, 3.63) is 90.1 Å². The molecule has 0 atom stereocenters. The molecule has 1 saturated heterocycles. The van der Waals surface area contributed by atoms with E-state index in [1.165, 1.54) is 28.2 Å².